The van der Waals surface area contributed by atoms with Gasteiger partial charge in [0.05, 0.1) is 17.2 Å². The molecule has 1 heterocycles. The summed E-state index contributed by atoms with van der Waals surface area (Å²) in [6.45, 7) is 1.07. The Hall–Kier alpha value is -2.12. The van der Waals surface area contributed by atoms with Gasteiger partial charge in [0, 0.05) is 12.4 Å². The molecule has 21 heavy (non-hydrogen) atoms. The molecule has 112 valence electrons. The predicted molar refractivity (Wildman–Crippen MR) is 80.7 cm³/mol. The van der Waals surface area contributed by atoms with Crippen LogP contribution in [0.1, 0.15) is 6.42 Å². The van der Waals surface area contributed by atoms with Crippen LogP contribution in [0.3, 0.4) is 0 Å². The number of benzene rings is 1. The van der Waals surface area contributed by atoms with Crippen LogP contribution in [0.15, 0.2) is 53.7 Å². The number of pyridine rings is 1. The van der Waals surface area contributed by atoms with Crippen molar-refractivity contribution in [3.05, 3.63) is 48.8 Å². The Morgan fingerprint density at radius 1 is 1.10 bits per heavy atom. The van der Waals surface area contributed by atoms with E-state index in [2.05, 4.69) is 9.71 Å². The molecule has 0 saturated heterocycles. The zero-order valence-corrected chi connectivity index (χ0v) is 12.2. The molecule has 0 unspecified atom stereocenters. The van der Waals surface area contributed by atoms with E-state index in [0.717, 1.165) is 6.42 Å². The van der Waals surface area contributed by atoms with Gasteiger partial charge in [0.2, 0.25) is 0 Å². The van der Waals surface area contributed by atoms with Crippen molar-refractivity contribution in [2.75, 3.05) is 17.9 Å². The smallest absolute Gasteiger partial charge is 0.261 e. The predicted octanol–water partition coefficient (Wildman–Crippen LogP) is 1.61. The highest BCUT2D eigenvalue weighted by Gasteiger charge is 2.13. The molecule has 0 atom stereocenters. The van der Waals surface area contributed by atoms with Gasteiger partial charge in [-0.1, -0.05) is 0 Å². The number of hydrogen-bond acceptors (Lipinski definition) is 5. The van der Waals surface area contributed by atoms with Crippen LogP contribution in [0.25, 0.3) is 0 Å². The minimum atomic E-state index is -3.61. The SMILES string of the molecule is NCCCOc1ccc(S(=O)(=O)Nc2ccncc2)cc1. The second-order valence-corrected chi connectivity index (χ2v) is 5.99. The fraction of sp³-hybridized carbons (Fsp3) is 0.214. The van der Waals surface area contributed by atoms with E-state index in [9.17, 15) is 8.42 Å². The zero-order chi connectivity index (χ0) is 15.1. The Balaban J connectivity index is 2.06. The third-order valence-corrected chi connectivity index (χ3v) is 4.08. The first kappa shape index (κ1) is 15.3. The number of anilines is 1. The number of aromatic nitrogens is 1. The zero-order valence-electron chi connectivity index (χ0n) is 11.4. The van der Waals surface area contributed by atoms with Gasteiger partial charge in [0.1, 0.15) is 5.75 Å². The van der Waals surface area contributed by atoms with Crippen LogP contribution in [0.2, 0.25) is 0 Å². The lowest BCUT2D eigenvalue weighted by Gasteiger charge is -2.09. The van der Waals surface area contributed by atoms with Crippen molar-refractivity contribution in [3.63, 3.8) is 0 Å². The Kier molecular flexibility index (Phi) is 5.13. The van der Waals surface area contributed by atoms with Crippen LogP contribution >= 0.6 is 0 Å². The molecule has 0 aliphatic heterocycles. The van der Waals surface area contributed by atoms with Gasteiger partial charge in [-0.3, -0.25) is 9.71 Å². The minimum Gasteiger partial charge on any atom is -0.494 e. The topological polar surface area (TPSA) is 94.3 Å². The Labute approximate surface area is 124 Å². The second kappa shape index (κ2) is 7.05. The highest BCUT2D eigenvalue weighted by molar-refractivity contribution is 7.92. The van der Waals surface area contributed by atoms with Gasteiger partial charge in [-0.05, 0) is 49.4 Å². The van der Waals surface area contributed by atoms with Crippen LogP contribution in [-0.2, 0) is 10.0 Å². The van der Waals surface area contributed by atoms with E-state index in [-0.39, 0.29) is 4.90 Å². The monoisotopic (exact) mass is 307 g/mol. The number of ether oxygens (including phenoxy) is 1. The van der Waals surface area contributed by atoms with Crippen LogP contribution in [0.4, 0.5) is 5.69 Å². The Morgan fingerprint density at radius 3 is 2.38 bits per heavy atom. The van der Waals surface area contributed by atoms with E-state index in [0.29, 0.717) is 24.6 Å². The number of hydrogen-bond donors (Lipinski definition) is 2. The molecule has 1 aromatic heterocycles. The molecule has 1 aromatic carbocycles. The van der Waals surface area contributed by atoms with Crippen LogP contribution in [0, 0.1) is 0 Å². The van der Waals surface area contributed by atoms with Crippen molar-refractivity contribution in [1.82, 2.24) is 4.98 Å². The molecule has 0 fully saturated rings. The summed E-state index contributed by atoms with van der Waals surface area (Å²) in [5.41, 5.74) is 5.84. The van der Waals surface area contributed by atoms with Crippen molar-refractivity contribution < 1.29 is 13.2 Å². The van der Waals surface area contributed by atoms with E-state index in [4.69, 9.17) is 10.5 Å². The molecular formula is C14H17N3O3S. The number of nitrogens with zero attached hydrogens (tertiary/aromatic N) is 1. The lowest BCUT2D eigenvalue weighted by Crippen LogP contribution is -2.13. The molecule has 0 amide bonds. The molecule has 0 saturated carbocycles. The first-order valence-corrected chi connectivity index (χ1v) is 7.96. The number of rotatable bonds is 7. The normalized spacial score (nSPS) is 11.1. The summed E-state index contributed by atoms with van der Waals surface area (Å²) in [5, 5.41) is 0. The average Bonchev–Trinajstić information content (AvgIpc) is 2.49. The molecular weight excluding hydrogens is 290 g/mol. The van der Waals surface area contributed by atoms with E-state index >= 15 is 0 Å². The molecule has 6 nitrogen and oxygen atoms in total. The number of nitrogens with two attached hydrogens (primary N) is 1. The van der Waals surface area contributed by atoms with Crippen LogP contribution < -0.4 is 15.2 Å². The maximum atomic E-state index is 12.2. The number of nitrogens with one attached hydrogen (secondary N) is 1. The Bertz CT molecular complexity index is 658. The van der Waals surface area contributed by atoms with E-state index in [1.54, 1.807) is 24.3 Å². The summed E-state index contributed by atoms with van der Waals surface area (Å²) in [4.78, 5) is 4.01. The van der Waals surface area contributed by atoms with Gasteiger partial charge in [-0.2, -0.15) is 0 Å². The summed E-state index contributed by atoms with van der Waals surface area (Å²) >= 11 is 0. The first-order chi connectivity index (χ1) is 10.1. The van der Waals surface area contributed by atoms with Crippen molar-refractivity contribution in [3.8, 4) is 5.75 Å². The lowest BCUT2D eigenvalue weighted by molar-refractivity contribution is 0.313. The standard InChI is InChI=1S/C14H17N3O3S/c15-8-1-11-20-13-2-4-14(5-3-13)21(18,19)17-12-6-9-16-10-7-12/h2-7,9-10H,1,8,11,15H2,(H,16,17). The maximum Gasteiger partial charge on any atom is 0.261 e. The summed E-state index contributed by atoms with van der Waals surface area (Å²) in [6.07, 6.45) is 3.79. The molecule has 7 heteroatoms. The van der Waals surface area contributed by atoms with E-state index < -0.39 is 10.0 Å². The van der Waals surface area contributed by atoms with Crippen molar-refractivity contribution in [2.24, 2.45) is 5.73 Å². The molecule has 2 aromatic rings. The van der Waals surface area contributed by atoms with Gasteiger partial charge in [-0.15, -0.1) is 0 Å². The first-order valence-electron chi connectivity index (χ1n) is 6.47. The van der Waals surface area contributed by atoms with Gasteiger partial charge in [-0.25, -0.2) is 8.42 Å². The third-order valence-electron chi connectivity index (χ3n) is 2.68. The van der Waals surface area contributed by atoms with Crippen LogP contribution in [-0.4, -0.2) is 26.6 Å². The second-order valence-electron chi connectivity index (χ2n) is 4.30. The molecule has 0 radical (unpaired) electrons. The molecule has 3 N–H and O–H groups in total. The summed E-state index contributed by atoms with van der Waals surface area (Å²) in [5.74, 6) is 0.617. The maximum absolute atomic E-state index is 12.2. The minimum absolute atomic E-state index is 0.172. The fourth-order valence-corrected chi connectivity index (χ4v) is 2.68. The van der Waals surface area contributed by atoms with E-state index in [1.807, 2.05) is 0 Å². The van der Waals surface area contributed by atoms with Gasteiger partial charge < -0.3 is 10.5 Å². The Morgan fingerprint density at radius 2 is 1.76 bits per heavy atom. The molecule has 0 aliphatic rings. The fourth-order valence-electron chi connectivity index (χ4n) is 1.62. The average molecular weight is 307 g/mol. The summed E-state index contributed by atoms with van der Waals surface area (Å²) in [7, 11) is -3.61. The summed E-state index contributed by atoms with van der Waals surface area (Å²) < 4.78 is 32.3. The largest absolute Gasteiger partial charge is 0.494 e. The van der Waals surface area contributed by atoms with Crippen LogP contribution in [0.5, 0.6) is 5.75 Å². The highest BCUT2D eigenvalue weighted by atomic mass is 32.2. The number of sulfonamides is 1. The van der Waals surface area contributed by atoms with Gasteiger partial charge in [0.25, 0.3) is 10.0 Å². The van der Waals surface area contributed by atoms with Gasteiger partial charge in [0.15, 0.2) is 0 Å². The molecule has 0 bridgehead atoms. The molecule has 0 spiro atoms. The van der Waals surface area contributed by atoms with Crippen molar-refractivity contribution in [1.29, 1.82) is 0 Å². The van der Waals surface area contributed by atoms with E-state index in [1.165, 1.54) is 24.5 Å². The molecule has 0 aliphatic carbocycles. The quantitative estimate of drug-likeness (QED) is 0.758. The third kappa shape index (κ3) is 4.44. The van der Waals surface area contributed by atoms with Crippen molar-refractivity contribution in [2.45, 2.75) is 11.3 Å². The summed E-state index contributed by atoms with van der Waals surface area (Å²) in [6, 6.07) is 9.42. The van der Waals surface area contributed by atoms with Gasteiger partial charge >= 0.3 is 0 Å². The highest BCUT2D eigenvalue weighted by Crippen LogP contribution is 2.18. The lowest BCUT2D eigenvalue weighted by atomic mass is 10.3. The van der Waals surface area contributed by atoms with Crippen molar-refractivity contribution >= 4 is 15.7 Å². The molecule has 2 rings (SSSR count).